The second-order valence-corrected chi connectivity index (χ2v) is 6.85. The van der Waals surface area contributed by atoms with Gasteiger partial charge in [0, 0.05) is 6.26 Å². The third kappa shape index (κ3) is 2.52. The molecule has 0 radical (unpaired) electrons. The van der Waals surface area contributed by atoms with Gasteiger partial charge in [0.15, 0.2) is 0 Å². The van der Waals surface area contributed by atoms with Gasteiger partial charge in [0.25, 0.3) is 0 Å². The lowest BCUT2D eigenvalue weighted by atomic mass is 10.0. The molecule has 1 atom stereocenters. The SMILES string of the molecule is CC(C)(O)c1csc(S(C)(=N)=O)c1. The van der Waals surface area contributed by atoms with E-state index in [-0.39, 0.29) is 0 Å². The summed E-state index contributed by atoms with van der Waals surface area (Å²) in [5, 5.41) is 11.4. The average Bonchev–Trinajstić information content (AvgIpc) is 2.28. The van der Waals surface area contributed by atoms with E-state index in [0.717, 1.165) is 0 Å². The zero-order chi connectivity index (χ0) is 10.3. The first kappa shape index (κ1) is 10.7. The Hall–Kier alpha value is -0.390. The van der Waals surface area contributed by atoms with Crippen LogP contribution in [0, 0.1) is 4.78 Å². The summed E-state index contributed by atoms with van der Waals surface area (Å²) in [4.78, 5) is 0. The molecule has 5 heteroatoms. The number of nitrogens with one attached hydrogen (secondary N) is 1. The van der Waals surface area contributed by atoms with E-state index in [1.165, 1.54) is 17.6 Å². The Bertz CT molecular complexity index is 398. The third-order valence-electron chi connectivity index (χ3n) is 1.67. The van der Waals surface area contributed by atoms with Crippen LogP contribution >= 0.6 is 11.3 Å². The Balaban J connectivity index is 3.16. The van der Waals surface area contributed by atoms with E-state index in [0.29, 0.717) is 9.77 Å². The Labute approximate surface area is 82.4 Å². The van der Waals surface area contributed by atoms with Crippen molar-refractivity contribution in [2.75, 3.05) is 6.26 Å². The molecule has 0 saturated carbocycles. The van der Waals surface area contributed by atoms with Crippen molar-refractivity contribution >= 4 is 21.1 Å². The maximum atomic E-state index is 11.3. The Morgan fingerprint density at radius 1 is 1.62 bits per heavy atom. The summed E-state index contributed by atoms with van der Waals surface area (Å²) in [6.45, 7) is 3.33. The highest BCUT2D eigenvalue weighted by Gasteiger charge is 2.19. The number of rotatable bonds is 2. The van der Waals surface area contributed by atoms with Gasteiger partial charge in [-0.1, -0.05) is 0 Å². The summed E-state index contributed by atoms with van der Waals surface area (Å²) < 4.78 is 19.2. The molecule has 1 aromatic rings. The Morgan fingerprint density at radius 3 is 2.38 bits per heavy atom. The molecule has 13 heavy (non-hydrogen) atoms. The van der Waals surface area contributed by atoms with Crippen LogP contribution < -0.4 is 0 Å². The number of hydrogen-bond donors (Lipinski definition) is 2. The van der Waals surface area contributed by atoms with E-state index in [9.17, 15) is 9.32 Å². The molecule has 2 N–H and O–H groups in total. The van der Waals surface area contributed by atoms with Crippen LogP contribution in [0.2, 0.25) is 0 Å². The minimum atomic E-state index is -2.63. The van der Waals surface area contributed by atoms with Crippen molar-refractivity contribution in [2.24, 2.45) is 0 Å². The van der Waals surface area contributed by atoms with Gasteiger partial charge in [-0.3, -0.25) is 0 Å². The van der Waals surface area contributed by atoms with E-state index >= 15 is 0 Å². The van der Waals surface area contributed by atoms with Gasteiger partial charge < -0.3 is 5.11 Å². The lowest BCUT2D eigenvalue weighted by Crippen LogP contribution is -2.13. The molecule has 1 aromatic heterocycles. The maximum Gasteiger partial charge on any atom is 0.0995 e. The summed E-state index contributed by atoms with van der Waals surface area (Å²) >= 11 is 1.26. The molecule has 0 aromatic carbocycles. The van der Waals surface area contributed by atoms with Crippen molar-refractivity contribution in [3.05, 3.63) is 17.0 Å². The lowest BCUT2D eigenvalue weighted by molar-refractivity contribution is 0.0789. The van der Waals surface area contributed by atoms with Gasteiger partial charge in [-0.2, -0.15) is 0 Å². The van der Waals surface area contributed by atoms with Crippen LogP contribution in [0.4, 0.5) is 0 Å². The summed E-state index contributed by atoms with van der Waals surface area (Å²) in [5.41, 5.74) is -0.200. The van der Waals surface area contributed by atoms with E-state index < -0.39 is 15.3 Å². The Kier molecular flexibility index (Phi) is 2.53. The van der Waals surface area contributed by atoms with E-state index in [1.807, 2.05) is 0 Å². The monoisotopic (exact) mass is 219 g/mol. The number of aliphatic hydroxyl groups is 1. The fourth-order valence-electron chi connectivity index (χ4n) is 0.842. The minimum Gasteiger partial charge on any atom is -0.386 e. The molecule has 1 unspecified atom stereocenters. The molecule has 0 fully saturated rings. The molecule has 0 aliphatic heterocycles. The average molecular weight is 219 g/mol. The lowest BCUT2D eigenvalue weighted by Gasteiger charge is -2.14. The molecule has 0 aliphatic carbocycles. The first-order valence-electron chi connectivity index (χ1n) is 3.76. The maximum absolute atomic E-state index is 11.3. The third-order valence-corrected chi connectivity index (χ3v) is 4.52. The van der Waals surface area contributed by atoms with E-state index in [2.05, 4.69) is 0 Å². The fraction of sp³-hybridized carbons (Fsp3) is 0.500. The zero-order valence-electron chi connectivity index (χ0n) is 7.83. The van der Waals surface area contributed by atoms with Gasteiger partial charge >= 0.3 is 0 Å². The highest BCUT2D eigenvalue weighted by atomic mass is 32.2. The molecule has 0 amide bonds. The molecule has 3 nitrogen and oxygen atoms in total. The van der Waals surface area contributed by atoms with Gasteiger partial charge in [-0.25, -0.2) is 8.99 Å². The van der Waals surface area contributed by atoms with E-state index in [1.54, 1.807) is 25.3 Å². The number of hydrogen-bond acceptors (Lipinski definition) is 4. The first-order chi connectivity index (χ1) is 5.71. The highest BCUT2D eigenvalue weighted by molar-refractivity contribution is 7.93. The van der Waals surface area contributed by atoms with Crippen LogP contribution in [0.1, 0.15) is 19.4 Å². The zero-order valence-corrected chi connectivity index (χ0v) is 9.46. The summed E-state index contributed by atoms with van der Waals surface area (Å²) in [5.74, 6) is 0. The van der Waals surface area contributed by atoms with Crippen molar-refractivity contribution in [3.63, 3.8) is 0 Å². The summed E-state index contributed by atoms with van der Waals surface area (Å²) in [6.07, 6.45) is 1.38. The van der Waals surface area contributed by atoms with Gasteiger partial charge in [0.2, 0.25) is 0 Å². The molecule has 0 spiro atoms. The smallest absolute Gasteiger partial charge is 0.0995 e. The summed E-state index contributed by atoms with van der Waals surface area (Å²) in [6, 6.07) is 1.64. The quantitative estimate of drug-likeness (QED) is 0.799. The second-order valence-electron chi connectivity index (χ2n) is 3.56. The predicted octanol–water partition coefficient (Wildman–Crippen LogP) is 2.01. The largest absolute Gasteiger partial charge is 0.386 e. The van der Waals surface area contributed by atoms with Crippen LogP contribution in [0.15, 0.2) is 15.7 Å². The van der Waals surface area contributed by atoms with Crippen molar-refractivity contribution < 1.29 is 9.32 Å². The van der Waals surface area contributed by atoms with Crippen molar-refractivity contribution in [1.29, 1.82) is 4.78 Å². The molecular formula is C8H13NO2S2. The van der Waals surface area contributed by atoms with Gasteiger partial charge in [0.1, 0.15) is 0 Å². The molecule has 0 aliphatic rings. The minimum absolute atomic E-state index is 0.518. The fourth-order valence-corrected chi connectivity index (χ4v) is 2.87. The van der Waals surface area contributed by atoms with E-state index in [4.69, 9.17) is 4.78 Å². The van der Waals surface area contributed by atoms with Crippen LogP contribution in [-0.4, -0.2) is 15.6 Å². The summed E-state index contributed by atoms with van der Waals surface area (Å²) in [7, 11) is -2.63. The van der Waals surface area contributed by atoms with Crippen molar-refractivity contribution in [1.82, 2.24) is 0 Å². The first-order valence-corrected chi connectivity index (χ1v) is 6.61. The number of thiophene rings is 1. The molecule has 74 valence electrons. The van der Waals surface area contributed by atoms with Gasteiger partial charge in [0.05, 0.1) is 19.5 Å². The Morgan fingerprint density at radius 2 is 2.15 bits per heavy atom. The molecule has 1 rings (SSSR count). The molecule has 1 heterocycles. The van der Waals surface area contributed by atoms with Crippen molar-refractivity contribution in [3.8, 4) is 0 Å². The van der Waals surface area contributed by atoms with Crippen LogP contribution in [0.5, 0.6) is 0 Å². The van der Waals surface area contributed by atoms with Crippen LogP contribution in [0.25, 0.3) is 0 Å². The van der Waals surface area contributed by atoms with Crippen LogP contribution in [-0.2, 0) is 15.3 Å². The molecule has 0 bridgehead atoms. The van der Waals surface area contributed by atoms with Gasteiger partial charge in [-0.15, -0.1) is 11.3 Å². The second kappa shape index (κ2) is 3.08. The molecular weight excluding hydrogens is 206 g/mol. The van der Waals surface area contributed by atoms with Gasteiger partial charge in [-0.05, 0) is 30.9 Å². The topological polar surface area (TPSA) is 61.1 Å². The highest BCUT2D eigenvalue weighted by Crippen LogP contribution is 2.28. The van der Waals surface area contributed by atoms with Crippen molar-refractivity contribution in [2.45, 2.75) is 23.7 Å². The standard InChI is InChI=1S/C8H13NO2S2/c1-8(2,10)6-4-7(12-5-6)13(3,9)11/h4-5,9-10H,1-3H3. The normalized spacial score (nSPS) is 16.9. The predicted molar refractivity (Wildman–Crippen MR) is 54.6 cm³/mol. The molecule has 0 saturated heterocycles. The van der Waals surface area contributed by atoms with Crippen LogP contribution in [0.3, 0.4) is 0 Å².